The van der Waals surface area contributed by atoms with Crippen molar-refractivity contribution in [3.8, 4) is 0 Å². The first-order valence-electron chi connectivity index (χ1n) is 24.1. The van der Waals surface area contributed by atoms with Crippen molar-refractivity contribution in [3.05, 3.63) is 60.8 Å². The van der Waals surface area contributed by atoms with Crippen molar-refractivity contribution >= 4 is 11.9 Å². The molecule has 6 nitrogen and oxygen atoms in total. The molecule has 3 unspecified atom stereocenters. The Hall–Kier alpha value is -2.44. The van der Waals surface area contributed by atoms with Crippen molar-refractivity contribution in [1.29, 1.82) is 0 Å². The van der Waals surface area contributed by atoms with E-state index in [0.29, 0.717) is 19.3 Å². The van der Waals surface area contributed by atoms with Gasteiger partial charge in [-0.15, -0.1) is 0 Å². The maximum absolute atomic E-state index is 13.1. The number of aliphatic hydroxyl groups excluding tert-OH is 2. The predicted octanol–water partition coefficient (Wildman–Crippen LogP) is 14.1. The first-order chi connectivity index (χ1) is 28.0. The Morgan fingerprint density at radius 3 is 1.51 bits per heavy atom. The third kappa shape index (κ3) is 40.1. The summed E-state index contributed by atoms with van der Waals surface area (Å²) in [4.78, 5) is 26.0. The topological polar surface area (TPSA) is 95.9 Å². The van der Waals surface area contributed by atoms with Crippen LogP contribution in [0.1, 0.15) is 226 Å². The fraction of sp³-hybridized carbons (Fsp3) is 0.765. The molecule has 3 atom stereocenters. The van der Waals surface area contributed by atoms with Crippen molar-refractivity contribution in [3.63, 3.8) is 0 Å². The van der Waals surface area contributed by atoms with Gasteiger partial charge in [0.1, 0.15) is 6.10 Å². The highest BCUT2D eigenvalue weighted by Crippen LogP contribution is 2.17. The molecule has 0 saturated heterocycles. The maximum atomic E-state index is 13.1. The summed E-state index contributed by atoms with van der Waals surface area (Å²) in [5.74, 6) is -0.521. The quantitative estimate of drug-likeness (QED) is 0.0247. The Bertz CT molecular complexity index is 1030. The van der Waals surface area contributed by atoms with Gasteiger partial charge in [0.05, 0.1) is 25.2 Å². The van der Waals surface area contributed by atoms with Gasteiger partial charge in [0.15, 0.2) is 0 Å². The van der Waals surface area contributed by atoms with Gasteiger partial charge in [-0.1, -0.05) is 204 Å². The van der Waals surface area contributed by atoms with Crippen molar-refractivity contribution < 1.29 is 24.5 Å². The van der Waals surface area contributed by atoms with Crippen LogP contribution in [0.5, 0.6) is 0 Å². The summed E-state index contributed by atoms with van der Waals surface area (Å²) in [6.45, 7) is 6.37. The lowest BCUT2D eigenvalue weighted by Crippen LogP contribution is -2.46. The molecule has 0 saturated carbocycles. The van der Waals surface area contributed by atoms with Crippen molar-refractivity contribution in [2.24, 2.45) is 0 Å². The van der Waals surface area contributed by atoms with Gasteiger partial charge in [-0.2, -0.15) is 0 Å². The van der Waals surface area contributed by atoms with E-state index in [4.69, 9.17) is 4.74 Å². The molecule has 0 aromatic heterocycles. The standard InChI is InChI=1S/C51H91NO5/c1-4-7-10-13-16-19-21-22-23-24-25-26-27-29-32-35-38-41-44-51(56)57-47(42-39-36-33-30-18-15-12-9-6-3)45-50(55)52-48(46-53)49(54)43-40-37-34-31-28-20-17-14-11-8-5-2/h15-16,18-19,21-26,47-49,53-54H,4-14,17,20,27-46H2,1-3H3,(H,52,55)/b18-15-,19-16+,22-21+,24-23+,26-25+. The fourth-order valence-electron chi connectivity index (χ4n) is 6.95. The Morgan fingerprint density at radius 2 is 0.930 bits per heavy atom. The molecule has 330 valence electrons. The molecule has 0 rings (SSSR count). The molecule has 1 amide bonds. The molecule has 0 bridgehead atoms. The summed E-state index contributed by atoms with van der Waals surface area (Å²) in [5, 5.41) is 23.6. The van der Waals surface area contributed by atoms with Crippen LogP contribution in [0.3, 0.4) is 0 Å². The minimum atomic E-state index is -0.795. The number of carbonyl (C=O) groups excluding carboxylic acids is 2. The van der Waals surface area contributed by atoms with E-state index in [2.05, 4.69) is 86.8 Å². The largest absolute Gasteiger partial charge is 0.462 e. The van der Waals surface area contributed by atoms with Crippen LogP contribution < -0.4 is 5.32 Å². The van der Waals surface area contributed by atoms with E-state index in [1.807, 2.05) is 0 Å². The third-order valence-electron chi connectivity index (χ3n) is 10.7. The second kappa shape index (κ2) is 44.7. The maximum Gasteiger partial charge on any atom is 0.306 e. The zero-order valence-corrected chi connectivity index (χ0v) is 37.5. The number of aliphatic hydroxyl groups is 2. The first-order valence-corrected chi connectivity index (χ1v) is 24.1. The van der Waals surface area contributed by atoms with Gasteiger partial charge in [0.25, 0.3) is 0 Å². The van der Waals surface area contributed by atoms with Crippen molar-refractivity contribution in [2.75, 3.05) is 6.61 Å². The summed E-state index contributed by atoms with van der Waals surface area (Å²) in [6, 6.07) is -0.710. The molecular formula is C51H91NO5. The van der Waals surface area contributed by atoms with Gasteiger partial charge in [0, 0.05) is 6.42 Å². The van der Waals surface area contributed by atoms with Gasteiger partial charge < -0.3 is 20.3 Å². The highest BCUT2D eigenvalue weighted by Gasteiger charge is 2.24. The van der Waals surface area contributed by atoms with Gasteiger partial charge >= 0.3 is 5.97 Å². The molecule has 0 fully saturated rings. The van der Waals surface area contributed by atoms with Crippen LogP contribution in [0.4, 0.5) is 0 Å². The molecule has 0 aliphatic carbocycles. The van der Waals surface area contributed by atoms with Crippen LogP contribution >= 0.6 is 0 Å². The monoisotopic (exact) mass is 798 g/mol. The Labute approximate surface area is 352 Å². The molecule has 0 radical (unpaired) electrons. The van der Waals surface area contributed by atoms with Gasteiger partial charge in [-0.25, -0.2) is 0 Å². The number of carbonyl (C=O) groups is 2. The Morgan fingerprint density at radius 1 is 0.509 bits per heavy atom. The van der Waals surface area contributed by atoms with Crippen LogP contribution in [0.15, 0.2) is 60.8 Å². The average molecular weight is 798 g/mol. The molecule has 0 aliphatic rings. The fourth-order valence-corrected chi connectivity index (χ4v) is 6.95. The Kier molecular flexibility index (Phi) is 42.7. The molecule has 3 N–H and O–H groups in total. The number of rotatable bonds is 42. The number of allylic oxidation sites excluding steroid dienone is 10. The number of esters is 1. The lowest BCUT2D eigenvalue weighted by atomic mass is 10.0. The van der Waals surface area contributed by atoms with E-state index in [1.54, 1.807) is 0 Å². The van der Waals surface area contributed by atoms with Crippen molar-refractivity contribution in [2.45, 2.75) is 244 Å². The third-order valence-corrected chi connectivity index (χ3v) is 10.7. The smallest absolute Gasteiger partial charge is 0.306 e. The van der Waals surface area contributed by atoms with E-state index in [1.165, 1.54) is 83.5 Å². The number of unbranched alkanes of at least 4 members (excludes halogenated alkanes) is 23. The molecule has 6 heteroatoms. The zero-order chi connectivity index (χ0) is 41.7. The first kappa shape index (κ1) is 54.6. The predicted molar refractivity (Wildman–Crippen MR) is 245 cm³/mol. The van der Waals surface area contributed by atoms with E-state index >= 15 is 0 Å². The normalized spacial score (nSPS) is 13.8. The average Bonchev–Trinajstić information content (AvgIpc) is 3.20. The summed E-state index contributed by atoms with van der Waals surface area (Å²) >= 11 is 0. The lowest BCUT2D eigenvalue weighted by Gasteiger charge is -2.24. The Balaban J connectivity index is 4.56. The summed E-state index contributed by atoms with van der Waals surface area (Å²) in [7, 11) is 0. The number of hydrogen-bond acceptors (Lipinski definition) is 5. The SMILES string of the molecule is CCCC/C=C\CCCCCC(CC(=O)NC(CO)C(O)CCCCCCCCCCCCC)OC(=O)CCCCCCC/C=C/C=C/C=C/C=C/CCCCC. The molecular weight excluding hydrogens is 707 g/mol. The van der Waals surface area contributed by atoms with Crippen LogP contribution in [0.2, 0.25) is 0 Å². The minimum absolute atomic E-state index is 0.0551. The molecule has 57 heavy (non-hydrogen) atoms. The molecule has 0 spiro atoms. The summed E-state index contributed by atoms with van der Waals surface area (Å²) in [5.41, 5.74) is 0. The molecule has 0 aliphatic heterocycles. The number of amides is 1. The van der Waals surface area contributed by atoms with Crippen LogP contribution in [0, 0.1) is 0 Å². The molecule has 0 aromatic rings. The summed E-state index contributed by atoms with van der Waals surface area (Å²) < 4.78 is 5.88. The second-order valence-electron chi connectivity index (χ2n) is 16.2. The van der Waals surface area contributed by atoms with Crippen molar-refractivity contribution in [1.82, 2.24) is 5.32 Å². The summed E-state index contributed by atoms with van der Waals surface area (Å²) in [6.07, 6.45) is 54.2. The lowest BCUT2D eigenvalue weighted by molar-refractivity contribution is -0.151. The van der Waals surface area contributed by atoms with Gasteiger partial charge in [-0.3, -0.25) is 9.59 Å². The number of ether oxygens (including phenoxy) is 1. The van der Waals surface area contributed by atoms with Crippen LogP contribution in [0.25, 0.3) is 0 Å². The molecule has 0 aromatic carbocycles. The highest BCUT2D eigenvalue weighted by molar-refractivity contribution is 5.77. The van der Waals surface area contributed by atoms with E-state index in [0.717, 1.165) is 96.3 Å². The van der Waals surface area contributed by atoms with E-state index in [9.17, 15) is 19.8 Å². The zero-order valence-electron chi connectivity index (χ0n) is 37.5. The highest BCUT2D eigenvalue weighted by atomic mass is 16.5. The minimum Gasteiger partial charge on any atom is -0.462 e. The van der Waals surface area contributed by atoms with E-state index < -0.39 is 18.2 Å². The van der Waals surface area contributed by atoms with Crippen LogP contribution in [-0.4, -0.2) is 46.9 Å². The number of hydrogen-bond donors (Lipinski definition) is 3. The second-order valence-corrected chi connectivity index (χ2v) is 16.2. The van der Waals surface area contributed by atoms with E-state index in [-0.39, 0.29) is 24.9 Å². The molecule has 0 heterocycles. The van der Waals surface area contributed by atoms with Gasteiger partial charge in [-0.05, 0) is 70.6 Å². The van der Waals surface area contributed by atoms with Gasteiger partial charge in [0.2, 0.25) is 5.91 Å². The van der Waals surface area contributed by atoms with Crippen LogP contribution in [-0.2, 0) is 14.3 Å². The number of nitrogens with one attached hydrogen (secondary N) is 1.